The normalized spacial score (nSPS) is 10.4. The van der Waals surface area contributed by atoms with Crippen LogP contribution < -0.4 is 0 Å². The van der Waals surface area contributed by atoms with Gasteiger partial charge in [-0.2, -0.15) is 0 Å². The third-order valence-electron chi connectivity index (χ3n) is 2.76. The maximum absolute atomic E-state index is 12.0. The monoisotopic (exact) mass is 228 g/mol. The second kappa shape index (κ2) is 5.43. The maximum Gasteiger partial charge on any atom is 0.263 e. The SMILES string of the molecule is CCCCc1ccc(C(=O)n2ccnc2)cc1. The van der Waals surface area contributed by atoms with E-state index in [9.17, 15) is 4.79 Å². The number of benzene rings is 1. The molecule has 0 spiro atoms. The average Bonchev–Trinajstić information content (AvgIpc) is 2.90. The topological polar surface area (TPSA) is 34.9 Å². The van der Waals surface area contributed by atoms with Crippen LogP contribution in [0.5, 0.6) is 0 Å². The molecule has 1 heterocycles. The molecule has 0 unspecified atom stereocenters. The molecular weight excluding hydrogens is 212 g/mol. The van der Waals surface area contributed by atoms with Crippen molar-refractivity contribution < 1.29 is 4.79 Å². The molecule has 0 saturated carbocycles. The summed E-state index contributed by atoms with van der Waals surface area (Å²) in [5, 5.41) is 0. The molecule has 0 N–H and O–H groups in total. The summed E-state index contributed by atoms with van der Waals surface area (Å²) in [7, 11) is 0. The van der Waals surface area contributed by atoms with Gasteiger partial charge in [0.15, 0.2) is 0 Å². The highest BCUT2D eigenvalue weighted by molar-refractivity contribution is 5.95. The van der Waals surface area contributed by atoms with Crippen LogP contribution in [0.3, 0.4) is 0 Å². The Morgan fingerprint density at radius 3 is 2.65 bits per heavy atom. The lowest BCUT2D eigenvalue weighted by Gasteiger charge is -2.03. The fourth-order valence-corrected chi connectivity index (χ4v) is 1.72. The number of hydrogen-bond acceptors (Lipinski definition) is 2. The third kappa shape index (κ3) is 2.81. The maximum atomic E-state index is 12.0. The van der Waals surface area contributed by atoms with Crippen molar-refractivity contribution >= 4 is 5.91 Å². The molecule has 1 aromatic carbocycles. The Labute approximate surface area is 101 Å². The van der Waals surface area contributed by atoms with Gasteiger partial charge < -0.3 is 0 Å². The van der Waals surface area contributed by atoms with E-state index in [1.165, 1.54) is 29.3 Å². The minimum Gasteiger partial charge on any atom is -0.272 e. The molecule has 0 fully saturated rings. The molecule has 0 saturated heterocycles. The van der Waals surface area contributed by atoms with Crippen molar-refractivity contribution in [2.24, 2.45) is 0 Å². The smallest absolute Gasteiger partial charge is 0.263 e. The molecule has 3 heteroatoms. The first kappa shape index (κ1) is 11.6. The molecule has 17 heavy (non-hydrogen) atoms. The van der Waals surface area contributed by atoms with Crippen LogP contribution in [-0.4, -0.2) is 15.5 Å². The van der Waals surface area contributed by atoms with Crippen LogP contribution in [0.1, 0.15) is 35.7 Å². The molecule has 2 aromatic rings. The first-order valence-electron chi connectivity index (χ1n) is 5.93. The van der Waals surface area contributed by atoms with E-state index in [4.69, 9.17) is 0 Å². The van der Waals surface area contributed by atoms with Crippen LogP contribution >= 0.6 is 0 Å². The van der Waals surface area contributed by atoms with E-state index in [2.05, 4.69) is 11.9 Å². The van der Waals surface area contributed by atoms with Crippen LogP contribution in [0.4, 0.5) is 0 Å². The summed E-state index contributed by atoms with van der Waals surface area (Å²) < 4.78 is 1.49. The molecule has 0 bridgehead atoms. The Morgan fingerprint density at radius 1 is 1.29 bits per heavy atom. The molecule has 1 aromatic heterocycles. The van der Waals surface area contributed by atoms with E-state index < -0.39 is 0 Å². The number of unbranched alkanes of at least 4 members (excludes halogenated alkanes) is 1. The summed E-state index contributed by atoms with van der Waals surface area (Å²) in [6, 6.07) is 7.82. The molecule has 0 aliphatic heterocycles. The molecule has 3 nitrogen and oxygen atoms in total. The van der Waals surface area contributed by atoms with Crippen molar-refractivity contribution in [1.29, 1.82) is 0 Å². The van der Waals surface area contributed by atoms with Gasteiger partial charge in [-0.05, 0) is 30.5 Å². The predicted octanol–water partition coefficient (Wildman–Crippen LogP) is 2.91. The Morgan fingerprint density at radius 2 is 2.06 bits per heavy atom. The first-order valence-corrected chi connectivity index (χ1v) is 5.93. The Kier molecular flexibility index (Phi) is 3.70. The van der Waals surface area contributed by atoms with Crippen LogP contribution in [0.2, 0.25) is 0 Å². The second-order valence-corrected chi connectivity index (χ2v) is 4.08. The highest BCUT2D eigenvalue weighted by Gasteiger charge is 2.06. The van der Waals surface area contributed by atoms with Gasteiger partial charge in [0, 0.05) is 18.0 Å². The van der Waals surface area contributed by atoms with Gasteiger partial charge in [-0.15, -0.1) is 0 Å². The molecular formula is C14H16N2O. The fraction of sp³-hybridized carbons (Fsp3) is 0.286. The zero-order valence-electron chi connectivity index (χ0n) is 9.97. The van der Waals surface area contributed by atoms with Gasteiger partial charge in [0.25, 0.3) is 5.91 Å². The number of carbonyl (C=O) groups excluding carboxylic acids is 1. The van der Waals surface area contributed by atoms with Gasteiger partial charge in [-0.25, -0.2) is 4.98 Å². The lowest BCUT2D eigenvalue weighted by Crippen LogP contribution is -2.09. The number of imidazole rings is 1. The molecule has 0 aliphatic rings. The van der Waals surface area contributed by atoms with Crippen molar-refractivity contribution in [3.8, 4) is 0 Å². The summed E-state index contributed by atoms with van der Waals surface area (Å²) in [4.78, 5) is 15.8. The number of nitrogens with zero attached hydrogens (tertiary/aromatic N) is 2. The summed E-state index contributed by atoms with van der Waals surface area (Å²) in [5.41, 5.74) is 1.98. The molecule has 2 rings (SSSR count). The number of aromatic nitrogens is 2. The average molecular weight is 228 g/mol. The summed E-state index contributed by atoms with van der Waals surface area (Å²) in [6.07, 6.45) is 8.24. The fourth-order valence-electron chi connectivity index (χ4n) is 1.72. The van der Waals surface area contributed by atoms with Gasteiger partial charge in [-0.1, -0.05) is 25.5 Å². The van der Waals surface area contributed by atoms with E-state index in [1.807, 2.05) is 24.3 Å². The van der Waals surface area contributed by atoms with Crippen molar-refractivity contribution in [1.82, 2.24) is 9.55 Å². The quantitative estimate of drug-likeness (QED) is 0.806. The van der Waals surface area contributed by atoms with E-state index >= 15 is 0 Å². The van der Waals surface area contributed by atoms with Crippen molar-refractivity contribution in [2.75, 3.05) is 0 Å². The second-order valence-electron chi connectivity index (χ2n) is 4.08. The molecule has 0 atom stereocenters. The number of carbonyl (C=O) groups is 1. The summed E-state index contributed by atoms with van der Waals surface area (Å²) in [6.45, 7) is 2.18. The van der Waals surface area contributed by atoms with Crippen LogP contribution in [0.15, 0.2) is 43.0 Å². The number of hydrogen-bond donors (Lipinski definition) is 0. The lowest BCUT2D eigenvalue weighted by atomic mass is 10.1. The van der Waals surface area contributed by atoms with Gasteiger partial charge in [-0.3, -0.25) is 9.36 Å². The van der Waals surface area contributed by atoms with Crippen LogP contribution in [-0.2, 0) is 6.42 Å². The minimum atomic E-state index is -0.0375. The van der Waals surface area contributed by atoms with Crippen LogP contribution in [0, 0.1) is 0 Å². The zero-order valence-corrected chi connectivity index (χ0v) is 9.97. The van der Waals surface area contributed by atoms with Crippen molar-refractivity contribution in [3.05, 3.63) is 54.1 Å². The lowest BCUT2D eigenvalue weighted by molar-refractivity contribution is 0.0960. The highest BCUT2D eigenvalue weighted by atomic mass is 16.2. The molecule has 88 valence electrons. The Bertz CT molecular complexity index is 471. The van der Waals surface area contributed by atoms with Gasteiger partial charge in [0.1, 0.15) is 6.33 Å². The van der Waals surface area contributed by atoms with E-state index in [-0.39, 0.29) is 5.91 Å². The van der Waals surface area contributed by atoms with Crippen LogP contribution in [0.25, 0.3) is 0 Å². The Balaban J connectivity index is 2.10. The third-order valence-corrected chi connectivity index (χ3v) is 2.76. The summed E-state index contributed by atoms with van der Waals surface area (Å²) in [5.74, 6) is -0.0375. The predicted molar refractivity (Wildman–Crippen MR) is 67.0 cm³/mol. The van der Waals surface area contributed by atoms with E-state index in [0.29, 0.717) is 5.56 Å². The van der Waals surface area contributed by atoms with Crippen molar-refractivity contribution in [2.45, 2.75) is 26.2 Å². The summed E-state index contributed by atoms with van der Waals surface area (Å²) >= 11 is 0. The van der Waals surface area contributed by atoms with Gasteiger partial charge in [0.05, 0.1) is 0 Å². The van der Waals surface area contributed by atoms with E-state index in [1.54, 1.807) is 12.4 Å². The first-order chi connectivity index (χ1) is 8.31. The van der Waals surface area contributed by atoms with Gasteiger partial charge >= 0.3 is 0 Å². The zero-order chi connectivity index (χ0) is 12.1. The molecule has 0 aliphatic carbocycles. The molecule has 0 amide bonds. The Hall–Kier alpha value is -1.90. The highest BCUT2D eigenvalue weighted by Crippen LogP contribution is 2.09. The minimum absolute atomic E-state index is 0.0375. The van der Waals surface area contributed by atoms with Crippen molar-refractivity contribution in [3.63, 3.8) is 0 Å². The number of rotatable bonds is 4. The largest absolute Gasteiger partial charge is 0.272 e. The van der Waals surface area contributed by atoms with Gasteiger partial charge in [0.2, 0.25) is 0 Å². The molecule has 0 radical (unpaired) electrons. The number of aryl methyl sites for hydroxylation is 1. The van der Waals surface area contributed by atoms with E-state index in [0.717, 1.165) is 6.42 Å². The standard InChI is InChI=1S/C14H16N2O/c1-2-3-4-12-5-7-13(8-6-12)14(17)16-10-9-15-11-16/h5-11H,2-4H2,1H3.